The van der Waals surface area contributed by atoms with Crippen LogP contribution in [0.1, 0.15) is 10.5 Å². The van der Waals surface area contributed by atoms with Gasteiger partial charge < -0.3 is 5.32 Å². The van der Waals surface area contributed by atoms with Crippen molar-refractivity contribution < 1.29 is 4.79 Å². The van der Waals surface area contributed by atoms with Gasteiger partial charge in [0.2, 0.25) is 0 Å². The Morgan fingerprint density at radius 1 is 1.14 bits per heavy atom. The summed E-state index contributed by atoms with van der Waals surface area (Å²) in [6.07, 6.45) is 4.77. The van der Waals surface area contributed by atoms with Crippen LogP contribution in [0.3, 0.4) is 0 Å². The number of carbonyl (C=O) groups excluding carboxylic acids is 1. The summed E-state index contributed by atoms with van der Waals surface area (Å²) < 4.78 is 2.58. The number of pyridine rings is 1. The van der Waals surface area contributed by atoms with E-state index in [0.29, 0.717) is 11.4 Å². The third-order valence-corrected chi connectivity index (χ3v) is 3.25. The molecule has 0 spiro atoms. The lowest BCUT2D eigenvalue weighted by Gasteiger charge is -2.07. The van der Waals surface area contributed by atoms with Crippen molar-refractivity contribution >= 4 is 27.5 Å². The lowest BCUT2D eigenvalue weighted by atomic mass is 10.2. The van der Waals surface area contributed by atoms with Crippen LogP contribution in [-0.4, -0.2) is 25.7 Å². The first-order valence-corrected chi connectivity index (χ1v) is 6.90. The van der Waals surface area contributed by atoms with E-state index < -0.39 is 0 Å². The van der Waals surface area contributed by atoms with Gasteiger partial charge in [0.1, 0.15) is 18.3 Å². The van der Waals surface area contributed by atoms with Crippen LogP contribution in [0.2, 0.25) is 0 Å². The zero-order valence-corrected chi connectivity index (χ0v) is 12.4. The standard InChI is InChI=1S/C14H10BrN5O/c15-10-4-5-13(16-7-10)14(21)19-11-2-1-3-12(6-11)20-8-17-18-9-20/h1-9H,(H,19,21). The van der Waals surface area contributed by atoms with E-state index in [9.17, 15) is 4.79 Å². The average Bonchev–Trinajstić information content (AvgIpc) is 3.02. The maximum absolute atomic E-state index is 12.1. The van der Waals surface area contributed by atoms with E-state index in [1.807, 2.05) is 24.3 Å². The van der Waals surface area contributed by atoms with E-state index in [2.05, 4.69) is 36.4 Å². The quantitative estimate of drug-likeness (QED) is 0.793. The third-order valence-electron chi connectivity index (χ3n) is 2.78. The Labute approximate surface area is 129 Å². The number of carbonyl (C=O) groups is 1. The molecule has 0 aliphatic heterocycles. The summed E-state index contributed by atoms with van der Waals surface area (Å²) in [6.45, 7) is 0. The predicted octanol–water partition coefficient (Wildman–Crippen LogP) is 2.68. The van der Waals surface area contributed by atoms with Crippen molar-refractivity contribution in [2.45, 2.75) is 0 Å². The van der Waals surface area contributed by atoms with Crippen LogP contribution in [0.25, 0.3) is 5.69 Å². The molecule has 0 radical (unpaired) electrons. The van der Waals surface area contributed by atoms with Gasteiger partial charge in [-0.05, 0) is 46.3 Å². The molecule has 1 aromatic carbocycles. The Bertz CT molecular complexity index is 755. The molecule has 2 aromatic heterocycles. The van der Waals surface area contributed by atoms with Crippen LogP contribution in [-0.2, 0) is 0 Å². The number of anilines is 1. The van der Waals surface area contributed by atoms with Crippen molar-refractivity contribution in [2.24, 2.45) is 0 Å². The van der Waals surface area contributed by atoms with Crippen LogP contribution in [0, 0.1) is 0 Å². The number of nitrogens with zero attached hydrogens (tertiary/aromatic N) is 4. The SMILES string of the molecule is O=C(Nc1cccc(-n2cnnc2)c1)c1ccc(Br)cn1. The monoisotopic (exact) mass is 343 g/mol. The van der Waals surface area contributed by atoms with Crippen molar-refractivity contribution in [1.29, 1.82) is 0 Å². The fourth-order valence-corrected chi connectivity index (χ4v) is 2.02. The van der Waals surface area contributed by atoms with Crippen LogP contribution >= 0.6 is 15.9 Å². The summed E-state index contributed by atoms with van der Waals surface area (Å²) in [5.41, 5.74) is 1.89. The molecular weight excluding hydrogens is 334 g/mol. The van der Waals surface area contributed by atoms with E-state index in [1.54, 1.807) is 35.6 Å². The average molecular weight is 344 g/mol. The molecule has 2 heterocycles. The van der Waals surface area contributed by atoms with Crippen LogP contribution in [0.15, 0.2) is 59.7 Å². The zero-order chi connectivity index (χ0) is 14.7. The van der Waals surface area contributed by atoms with Gasteiger partial charge in [0, 0.05) is 16.4 Å². The minimum Gasteiger partial charge on any atom is -0.321 e. The molecule has 0 bridgehead atoms. The molecule has 6 nitrogen and oxygen atoms in total. The van der Waals surface area contributed by atoms with Crippen LogP contribution in [0.5, 0.6) is 0 Å². The molecule has 0 aliphatic rings. The van der Waals surface area contributed by atoms with Gasteiger partial charge in [-0.15, -0.1) is 10.2 Å². The van der Waals surface area contributed by atoms with Gasteiger partial charge in [-0.1, -0.05) is 6.07 Å². The number of amides is 1. The van der Waals surface area contributed by atoms with Gasteiger partial charge in [-0.3, -0.25) is 9.36 Å². The molecule has 0 saturated heterocycles. The van der Waals surface area contributed by atoms with Crippen LogP contribution < -0.4 is 5.32 Å². The maximum Gasteiger partial charge on any atom is 0.274 e. The van der Waals surface area contributed by atoms with E-state index in [1.165, 1.54) is 0 Å². The highest BCUT2D eigenvalue weighted by Crippen LogP contribution is 2.15. The molecule has 0 saturated carbocycles. The summed E-state index contributed by atoms with van der Waals surface area (Å²) in [5, 5.41) is 10.3. The Morgan fingerprint density at radius 2 is 1.95 bits per heavy atom. The highest BCUT2D eigenvalue weighted by Gasteiger charge is 2.08. The Hall–Kier alpha value is -2.54. The summed E-state index contributed by atoms with van der Waals surface area (Å²) in [6, 6.07) is 10.8. The normalized spacial score (nSPS) is 10.3. The highest BCUT2D eigenvalue weighted by molar-refractivity contribution is 9.10. The number of benzene rings is 1. The zero-order valence-electron chi connectivity index (χ0n) is 10.8. The lowest BCUT2D eigenvalue weighted by molar-refractivity contribution is 0.102. The number of nitrogens with one attached hydrogen (secondary N) is 1. The van der Waals surface area contributed by atoms with Crippen molar-refractivity contribution in [2.75, 3.05) is 5.32 Å². The van der Waals surface area contributed by atoms with Gasteiger partial charge in [0.15, 0.2) is 0 Å². The fraction of sp³-hybridized carbons (Fsp3) is 0. The van der Waals surface area contributed by atoms with E-state index in [0.717, 1.165) is 10.2 Å². The number of hydrogen-bond donors (Lipinski definition) is 1. The Morgan fingerprint density at radius 3 is 2.67 bits per heavy atom. The summed E-state index contributed by atoms with van der Waals surface area (Å²) >= 11 is 3.28. The second kappa shape index (κ2) is 5.84. The van der Waals surface area contributed by atoms with E-state index in [-0.39, 0.29) is 5.91 Å². The molecule has 1 amide bonds. The van der Waals surface area contributed by atoms with Crippen molar-refractivity contribution in [3.63, 3.8) is 0 Å². The molecule has 104 valence electrons. The molecule has 0 unspecified atom stereocenters. The van der Waals surface area contributed by atoms with E-state index >= 15 is 0 Å². The molecule has 7 heteroatoms. The Balaban J connectivity index is 1.80. The molecule has 0 aliphatic carbocycles. The van der Waals surface area contributed by atoms with Gasteiger partial charge in [-0.25, -0.2) is 4.98 Å². The topological polar surface area (TPSA) is 72.7 Å². The molecule has 1 N–H and O–H groups in total. The van der Waals surface area contributed by atoms with Crippen molar-refractivity contribution in [1.82, 2.24) is 19.7 Å². The summed E-state index contributed by atoms with van der Waals surface area (Å²) in [7, 11) is 0. The number of halogens is 1. The molecule has 3 rings (SSSR count). The predicted molar refractivity (Wildman–Crippen MR) is 81.2 cm³/mol. The molecular formula is C14H10BrN5O. The summed E-state index contributed by atoms with van der Waals surface area (Å²) in [4.78, 5) is 16.2. The van der Waals surface area contributed by atoms with Gasteiger partial charge in [0.05, 0.1) is 5.69 Å². The molecule has 0 fully saturated rings. The first-order chi connectivity index (χ1) is 10.2. The largest absolute Gasteiger partial charge is 0.321 e. The maximum atomic E-state index is 12.1. The second-order valence-electron chi connectivity index (χ2n) is 4.24. The molecule has 0 atom stereocenters. The minimum atomic E-state index is -0.261. The van der Waals surface area contributed by atoms with Crippen molar-refractivity contribution in [3.05, 3.63) is 65.4 Å². The van der Waals surface area contributed by atoms with Gasteiger partial charge >= 0.3 is 0 Å². The first kappa shape index (κ1) is 13.4. The first-order valence-electron chi connectivity index (χ1n) is 6.10. The highest BCUT2D eigenvalue weighted by atomic mass is 79.9. The second-order valence-corrected chi connectivity index (χ2v) is 5.15. The molecule has 3 aromatic rings. The third kappa shape index (κ3) is 3.14. The Kier molecular flexibility index (Phi) is 3.74. The van der Waals surface area contributed by atoms with Gasteiger partial charge in [0.25, 0.3) is 5.91 Å². The van der Waals surface area contributed by atoms with Gasteiger partial charge in [-0.2, -0.15) is 0 Å². The van der Waals surface area contributed by atoms with Crippen molar-refractivity contribution in [3.8, 4) is 5.69 Å². The van der Waals surface area contributed by atoms with Crippen LogP contribution in [0.4, 0.5) is 5.69 Å². The molecule has 21 heavy (non-hydrogen) atoms. The smallest absolute Gasteiger partial charge is 0.274 e. The summed E-state index contributed by atoms with van der Waals surface area (Å²) in [5.74, 6) is -0.261. The minimum absolute atomic E-state index is 0.261. The van der Waals surface area contributed by atoms with E-state index in [4.69, 9.17) is 0 Å². The number of aromatic nitrogens is 4. The number of hydrogen-bond acceptors (Lipinski definition) is 4. The fourth-order valence-electron chi connectivity index (χ4n) is 1.78. The number of rotatable bonds is 3. The lowest BCUT2D eigenvalue weighted by Crippen LogP contribution is -2.13.